The topological polar surface area (TPSA) is 91.3 Å². The Bertz CT molecular complexity index is 3290. The van der Waals surface area contributed by atoms with Crippen molar-refractivity contribution in [2.45, 2.75) is 80.3 Å². The van der Waals surface area contributed by atoms with Crippen molar-refractivity contribution < 1.29 is 17.6 Å². The van der Waals surface area contributed by atoms with Crippen LogP contribution in [0.2, 0.25) is 0 Å². The van der Waals surface area contributed by atoms with Crippen molar-refractivity contribution in [3.8, 4) is 57.8 Å². The first-order chi connectivity index (χ1) is 29.8. The van der Waals surface area contributed by atoms with Gasteiger partial charge in [0, 0.05) is 78.3 Å². The van der Waals surface area contributed by atoms with Crippen LogP contribution in [0.4, 0.5) is 28.9 Å². The van der Waals surface area contributed by atoms with Crippen LogP contribution in [0.25, 0.3) is 55.4 Å². The van der Waals surface area contributed by atoms with Gasteiger partial charge in [-0.1, -0.05) is 5.92 Å². The van der Waals surface area contributed by atoms with Gasteiger partial charge < -0.3 is 20.6 Å². The molecular weight excluding hydrogens is 916 g/mol. The summed E-state index contributed by atoms with van der Waals surface area (Å²) in [7, 11) is 0. The maximum atomic E-state index is 15.6. The Morgan fingerprint density at radius 3 is 1.54 bits per heavy atom. The van der Waals surface area contributed by atoms with Crippen LogP contribution >= 0.6 is 22.6 Å². The van der Waals surface area contributed by atoms with E-state index in [1.165, 1.54) is 36.4 Å². The summed E-state index contributed by atoms with van der Waals surface area (Å²) in [4.78, 5) is 15.5. The number of benzene rings is 4. The van der Waals surface area contributed by atoms with Crippen molar-refractivity contribution in [2.24, 2.45) is 0 Å². The number of H-pyrrole nitrogens is 2. The molecule has 13 heteroatoms. The summed E-state index contributed by atoms with van der Waals surface area (Å²) in [5, 5.41) is 8.21. The molecule has 4 aromatic carbocycles. The van der Waals surface area contributed by atoms with E-state index in [0.29, 0.717) is 55.7 Å². The fourth-order valence-corrected chi connectivity index (χ4v) is 9.64. The van der Waals surface area contributed by atoms with Crippen LogP contribution in [0.1, 0.15) is 81.3 Å². The lowest BCUT2D eigenvalue weighted by Gasteiger charge is -2.36. The van der Waals surface area contributed by atoms with Crippen LogP contribution < -0.4 is 10.6 Å². The standard InChI is InChI=1S/C25H22F2N4.C22H19F2IN4.C3H4/c1-6-7-15-12-28-22-17(15)8-16(26)9-18(22)21-14(3)23-20(10-19(21)27)30-25(4,5)24-29-11-13(2)31(23)24;1-10-8-27-21-22(3,4)28-17-7-15(24)18(11(2)20(17)29(10)21)14-6-12(23)5-13-16(25)9-26-19(13)14;1-3-2/h8-12,28,30H,1-5H3;5-9,26,28H,1-4H3;1H,2H3. The normalized spacial score (nSPS) is 13.7. The molecule has 0 bridgehead atoms. The lowest BCUT2D eigenvalue weighted by molar-refractivity contribution is 0.534. The van der Waals surface area contributed by atoms with Gasteiger partial charge in [-0.2, -0.15) is 0 Å². The van der Waals surface area contributed by atoms with Crippen LogP contribution in [0.5, 0.6) is 0 Å². The molecule has 0 unspecified atom stereocenters. The zero-order valence-electron chi connectivity index (χ0n) is 36.5. The highest BCUT2D eigenvalue weighted by molar-refractivity contribution is 14.1. The Balaban J connectivity index is 0.000000163. The molecule has 4 aromatic heterocycles. The summed E-state index contributed by atoms with van der Waals surface area (Å²) in [6.07, 6.45) is 11.8. The highest BCUT2D eigenvalue weighted by atomic mass is 127. The number of nitrogens with zero attached hydrogens (tertiary/aromatic N) is 4. The molecule has 0 fully saturated rings. The van der Waals surface area contributed by atoms with Crippen molar-refractivity contribution in [1.82, 2.24) is 29.1 Å². The van der Waals surface area contributed by atoms with Gasteiger partial charge in [0.1, 0.15) is 34.9 Å². The number of terminal acetylenes is 1. The van der Waals surface area contributed by atoms with Crippen LogP contribution in [-0.4, -0.2) is 29.1 Å². The Morgan fingerprint density at radius 1 is 0.651 bits per heavy atom. The maximum absolute atomic E-state index is 15.6. The summed E-state index contributed by atoms with van der Waals surface area (Å²) in [6, 6.07) is 8.69. The van der Waals surface area contributed by atoms with E-state index in [4.69, 9.17) is 0 Å². The van der Waals surface area contributed by atoms with E-state index < -0.39 is 22.7 Å². The maximum Gasteiger partial charge on any atom is 0.138 e. The monoisotopic (exact) mass is 960 g/mol. The van der Waals surface area contributed by atoms with Crippen molar-refractivity contribution in [3.05, 3.63) is 128 Å². The van der Waals surface area contributed by atoms with Crippen molar-refractivity contribution in [1.29, 1.82) is 0 Å². The highest BCUT2D eigenvalue weighted by Gasteiger charge is 2.37. The lowest BCUT2D eigenvalue weighted by atomic mass is 9.92. The minimum absolute atomic E-state index is 0.363. The molecule has 63 heavy (non-hydrogen) atoms. The molecule has 320 valence electrons. The highest BCUT2D eigenvalue weighted by Crippen LogP contribution is 2.46. The van der Waals surface area contributed by atoms with E-state index in [1.54, 1.807) is 20.0 Å². The van der Waals surface area contributed by atoms with Gasteiger partial charge in [-0.3, -0.25) is 9.13 Å². The number of hydrogen-bond donors (Lipinski definition) is 4. The number of halogens is 5. The van der Waals surface area contributed by atoms with Gasteiger partial charge in [0.15, 0.2) is 0 Å². The summed E-state index contributed by atoms with van der Waals surface area (Å²) in [6.45, 7) is 19.2. The van der Waals surface area contributed by atoms with E-state index in [0.717, 1.165) is 54.4 Å². The van der Waals surface area contributed by atoms with E-state index in [1.807, 2.05) is 74.0 Å². The van der Waals surface area contributed by atoms with Crippen LogP contribution in [0.3, 0.4) is 0 Å². The van der Waals surface area contributed by atoms with E-state index in [2.05, 4.69) is 86.5 Å². The summed E-state index contributed by atoms with van der Waals surface area (Å²) in [5.41, 5.74) is 9.37. The van der Waals surface area contributed by atoms with Gasteiger partial charge in [0.05, 0.1) is 44.9 Å². The molecular formula is C50H45F4IN8. The molecule has 2 aliphatic rings. The molecule has 0 amide bonds. The van der Waals surface area contributed by atoms with Crippen LogP contribution in [0.15, 0.2) is 61.2 Å². The average molecular weight is 961 g/mol. The first-order valence-corrected chi connectivity index (χ1v) is 21.3. The van der Waals surface area contributed by atoms with Crippen LogP contribution in [-0.2, 0) is 11.1 Å². The molecule has 0 spiro atoms. The third-order valence-corrected chi connectivity index (χ3v) is 12.5. The smallest absolute Gasteiger partial charge is 0.138 e. The Morgan fingerprint density at radius 2 is 1.08 bits per heavy atom. The second-order valence-corrected chi connectivity index (χ2v) is 18.0. The third kappa shape index (κ3) is 7.03. The number of anilines is 2. The number of nitrogens with one attached hydrogen (secondary N) is 4. The van der Waals surface area contributed by atoms with Gasteiger partial charge >= 0.3 is 0 Å². The largest absolute Gasteiger partial charge is 0.371 e. The number of aryl methyl sites for hydroxylation is 2. The number of fused-ring (bicyclic) bond motifs is 8. The number of rotatable bonds is 2. The molecule has 0 saturated heterocycles. The molecule has 2 aliphatic heterocycles. The van der Waals surface area contributed by atoms with Gasteiger partial charge in [-0.15, -0.1) is 18.3 Å². The fraction of sp³-hybridized carbons (Fsp3) is 0.240. The number of hydrogen-bond acceptors (Lipinski definition) is 4. The quantitative estimate of drug-likeness (QED) is 0.0789. The van der Waals surface area contributed by atoms with Crippen molar-refractivity contribution in [3.63, 3.8) is 0 Å². The number of aromatic nitrogens is 6. The molecule has 0 saturated carbocycles. The molecule has 0 aliphatic carbocycles. The first-order valence-electron chi connectivity index (χ1n) is 20.2. The van der Waals surface area contributed by atoms with Gasteiger partial charge in [0.25, 0.3) is 0 Å². The minimum atomic E-state index is -0.457. The molecule has 0 radical (unpaired) electrons. The summed E-state index contributed by atoms with van der Waals surface area (Å²) >= 11 is 2.15. The van der Waals surface area contributed by atoms with Crippen molar-refractivity contribution >= 4 is 55.8 Å². The van der Waals surface area contributed by atoms with Gasteiger partial charge in [0.2, 0.25) is 0 Å². The molecule has 8 aromatic rings. The Hall–Kier alpha value is -6.45. The second kappa shape index (κ2) is 15.7. The third-order valence-electron chi connectivity index (χ3n) is 11.6. The van der Waals surface area contributed by atoms with Crippen LogP contribution in [0, 0.1) is 78.7 Å². The molecule has 8 nitrogen and oxygen atoms in total. The molecule has 4 N–H and O–H groups in total. The molecule has 0 atom stereocenters. The zero-order chi connectivity index (χ0) is 45.4. The number of aromatic amines is 2. The number of imidazole rings is 2. The SMILES string of the molecule is C#CC.CC#Cc1c[nH]c2c(-c3c(F)cc4c(c3C)-n3c(C)cnc3C(C)(C)N4)cc(F)cc12.Cc1c(-c2cc(F)cc3c(I)c[nH]c23)c(F)cc2c1-n1c(C)cnc1C(C)(C)N2. The minimum Gasteiger partial charge on any atom is -0.371 e. The second-order valence-electron chi connectivity index (χ2n) is 16.9. The Kier molecular flexibility index (Phi) is 10.8. The van der Waals surface area contributed by atoms with Crippen molar-refractivity contribution in [2.75, 3.05) is 10.6 Å². The van der Waals surface area contributed by atoms with E-state index >= 15 is 8.78 Å². The molecule has 6 heterocycles. The van der Waals surface area contributed by atoms with E-state index in [-0.39, 0.29) is 11.6 Å². The average Bonchev–Trinajstić information content (AvgIpc) is 3.99. The molecule has 10 rings (SSSR count). The predicted molar refractivity (Wildman–Crippen MR) is 254 cm³/mol. The fourth-order valence-electron chi connectivity index (χ4n) is 9.06. The summed E-state index contributed by atoms with van der Waals surface area (Å²) in [5.74, 6) is 8.16. The zero-order valence-corrected chi connectivity index (χ0v) is 38.7. The van der Waals surface area contributed by atoms with Gasteiger partial charge in [-0.05, 0) is 139 Å². The lowest BCUT2D eigenvalue weighted by Crippen LogP contribution is -2.36. The predicted octanol–water partition coefficient (Wildman–Crippen LogP) is 12.8. The Labute approximate surface area is 377 Å². The summed E-state index contributed by atoms with van der Waals surface area (Å²) < 4.78 is 65.1. The van der Waals surface area contributed by atoms with E-state index in [9.17, 15) is 8.78 Å². The van der Waals surface area contributed by atoms with Gasteiger partial charge in [-0.25, -0.2) is 27.5 Å². The first kappa shape index (κ1) is 43.2.